The van der Waals surface area contributed by atoms with E-state index in [1.165, 1.54) is 18.0 Å². The molecule has 0 saturated carbocycles. The minimum absolute atomic E-state index is 0.198. The normalized spacial score (nSPS) is 10.3. The zero-order chi connectivity index (χ0) is 13.0. The fourth-order valence-electron chi connectivity index (χ4n) is 1.28. The van der Waals surface area contributed by atoms with E-state index in [4.69, 9.17) is 5.11 Å². The van der Waals surface area contributed by atoms with Gasteiger partial charge in [-0.1, -0.05) is 0 Å². The maximum absolute atomic E-state index is 10.7. The van der Waals surface area contributed by atoms with Crippen molar-refractivity contribution in [2.45, 2.75) is 10.8 Å². The van der Waals surface area contributed by atoms with E-state index in [2.05, 4.69) is 25.9 Å². The summed E-state index contributed by atoms with van der Waals surface area (Å²) >= 11 is 4.90. The van der Waals surface area contributed by atoms with E-state index in [-0.39, 0.29) is 5.56 Å². The van der Waals surface area contributed by atoms with Crippen LogP contribution in [-0.2, 0) is 5.75 Å². The number of carboxylic acid groups (broad SMARTS) is 1. The first-order valence-electron chi connectivity index (χ1n) is 5.07. The van der Waals surface area contributed by atoms with Crippen molar-refractivity contribution in [1.82, 2.24) is 9.97 Å². The van der Waals surface area contributed by atoms with Gasteiger partial charge < -0.3 is 5.11 Å². The number of carboxylic acids is 1. The van der Waals surface area contributed by atoms with Crippen molar-refractivity contribution in [2.24, 2.45) is 0 Å². The van der Waals surface area contributed by atoms with Gasteiger partial charge in [0.15, 0.2) is 0 Å². The molecule has 0 saturated heterocycles. The van der Waals surface area contributed by atoms with Crippen molar-refractivity contribution in [3.05, 3.63) is 52.4 Å². The SMILES string of the molecule is O=C(O)c1ccc(SCc2cncc(Br)c2)nc1. The van der Waals surface area contributed by atoms with Crippen LogP contribution in [-0.4, -0.2) is 21.0 Å². The minimum Gasteiger partial charge on any atom is -0.478 e. The van der Waals surface area contributed by atoms with Gasteiger partial charge in [0.1, 0.15) is 0 Å². The van der Waals surface area contributed by atoms with Crippen LogP contribution in [0.3, 0.4) is 0 Å². The Balaban J connectivity index is 2.00. The van der Waals surface area contributed by atoms with Gasteiger partial charge in [-0.15, -0.1) is 11.8 Å². The molecule has 0 aliphatic heterocycles. The van der Waals surface area contributed by atoms with Gasteiger partial charge in [0.2, 0.25) is 0 Å². The van der Waals surface area contributed by atoms with Crippen LogP contribution in [0.25, 0.3) is 0 Å². The lowest BCUT2D eigenvalue weighted by Gasteiger charge is -2.02. The van der Waals surface area contributed by atoms with E-state index in [1.54, 1.807) is 24.5 Å². The molecule has 0 aliphatic carbocycles. The lowest BCUT2D eigenvalue weighted by molar-refractivity contribution is 0.0696. The first-order valence-corrected chi connectivity index (χ1v) is 6.84. The number of carbonyl (C=O) groups is 1. The number of nitrogens with zero attached hydrogens (tertiary/aromatic N) is 2. The summed E-state index contributed by atoms with van der Waals surface area (Å²) in [5, 5.41) is 9.55. The van der Waals surface area contributed by atoms with Gasteiger partial charge in [-0.3, -0.25) is 4.98 Å². The molecule has 0 atom stereocenters. The quantitative estimate of drug-likeness (QED) is 0.875. The third-order valence-electron chi connectivity index (χ3n) is 2.13. The van der Waals surface area contributed by atoms with Gasteiger partial charge in [0.25, 0.3) is 0 Å². The van der Waals surface area contributed by atoms with Crippen LogP contribution >= 0.6 is 27.7 Å². The van der Waals surface area contributed by atoms with Gasteiger partial charge in [-0.25, -0.2) is 9.78 Å². The summed E-state index contributed by atoms with van der Waals surface area (Å²) in [5.74, 6) is -0.221. The van der Waals surface area contributed by atoms with Gasteiger partial charge >= 0.3 is 5.97 Å². The largest absolute Gasteiger partial charge is 0.478 e. The number of thioether (sulfide) groups is 1. The zero-order valence-corrected chi connectivity index (χ0v) is 11.6. The Kier molecular flexibility index (Phi) is 4.33. The van der Waals surface area contributed by atoms with Gasteiger partial charge in [-0.05, 0) is 39.7 Å². The van der Waals surface area contributed by atoms with E-state index in [0.717, 1.165) is 20.8 Å². The third kappa shape index (κ3) is 3.54. The smallest absolute Gasteiger partial charge is 0.337 e. The Morgan fingerprint density at radius 2 is 2.17 bits per heavy atom. The molecule has 0 fully saturated rings. The van der Waals surface area contributed by atoms with Gasteiger partial charge in [0, 0.05) is 28.8 Å². The molecule has 2 heterocycles. The average Bonchev–Trinajstić information content (AvgIpc) is 2.37. The Hall–Kier alpha value is -1.40. The van der Waals surface area contributed by atoms with E-state index in [9.17, 15) is 4.79 Å². The molecule has 0 spiro atoms. The molecule has 2 rings (SSSR count). The predicted octanol–water partition coefficient (Wildman–Crippen LogP) is 3.23. The number of aromatic nitrogens is 2. The molecular formula is C12H9BrN2O2S. The number of halogens is 1. The summed E-state index contributed by atoms with van der Waals surface area (Å²) in [6.07, 6.45) is 4.89. The average molecular weight is 325 g/mol. The fraction of sp³-hybridized carbons (Fsp3) is 0.0833. The molecule has 0 unspecified atom stereocenters. The maximum Gasteiger partial charge on any atom is 0.337 e. The van der Waals surface area contributed by atoms with Crippen molar-refractivity contribution in [2.75, 3.05) is 0 Å². The highest BCUT2D eigenvalue weighted by Gasteiger charge is 2.03. The molecule has 0 amide bonds. The van der Waals surface area contributed by atoms with E-state index in [1.807, 2.05) is 6.07 Å². The van der Waals surface area contributed by atoms with Crippen molar-refractivity contribution >= 4 is 33.7 Å². The molecule has 0 bridgehead atoms. The summed E-state index contributed by atoms with van der Waals surface area (Å²) in [4.78, 5) is 18.8. The van der Waals surface area contributed by atoms with Crippen molar-refractivity contribution in [3.8, 4) is 0 Å². The predicted molar refractivity (Wildman–Crippen MR) is 72.7 cm³/mol. The second-order valence-corrected chi connectivity index (χ2v) is 5.40. The molecule has 0 aliphatic rings. The molecule has 4 nitrogen and oxygen atoms in total. The second kappa shape index (κ2) is 5.97. The summed E-state index contributed by atoms with van der Waals surface area (Å²) in [6, 6.07) is 5.25. The maximum atomic E-state index is 10.7. The Labute approximate surface area is 117 Å². The Morgan fingerprint density at radius 3 is 2.78 bits per heavy atom. The first kappa shape index (κ1) is 13.0. The third-order valence-corrected chi connectivity index (χ3v) is 3.58. The molecule has 2 aromatic heterocycles. The van der Waals surface area contributed by atoms with Crippen LogP contribution < -0.4 is 0 Å². The van der Waals surface area contributed by atoms with E-state index < -0.39 is 5.97 Å². The number of hydrogen-bond donors (Lipinski definition) is 1. The molecule has 0 aromatic carbocycles. The lowest BCUT2D eigenvalue weighted by Crippen LogP contribution is -1.96. The van der Waals surface area contributed by atoms with Gasteiger partial charge in [0.05, 0.1) is 10.6 Å². The fourth-order valence-corrected chi connectivity index (χ4v) is 2.46. The van der Waals surface area contributed by atoms with E-state index in [0.29, 0.717) is 0 Å². The topological polar surface area (TPSA) is 63.1 Å². The second-order valence-electron chi connectivity index (χ2n) is 3.49. The van der Waals surface area contributed by atoms with Crippen LogP contribution in [0.2, 0.25) is 0 Å². The molecular weight excluding hydrogens is 316 g/mol. The number of rotatable bonds is 4. The Bertz CT molecular complexity index is 560. The van der Waals surface area contributed by atoms with Crippen LogP contribution in [0.1, 0.15) is 15.9 Å². The van der Waals surface area contributed by atoms with Crippen molar-refractivity contribution < 1.29 is 9.90 Å². The van der Waals surface area contributed by atoms with Crippen LogP contribution in [0, 0.1) is 0 Å². The highest BCUT2D eigenvalue weighted by molar-refractivity contribution is 9.10. The standard InChI is InChI=1S/C12H9BrN2O2S/c13-10-3-8(4-14-6-10)7-18-11-2-1-9(5-15-11)12(16)17/h1-6H,7H2,(H,16,17). The van der Waals surface area contributed by atoms with Crippen LogP contribution in [0.4, 0.5) is 0 Å². The molecule has 18 heavy (non-hydrogen) atoms. The van der Waals surface area contributed by atoms with Crippen LogP contribution in [0.15, 0.2) is 46.3 Å². The molecule has 1 N–H and O–H groups in total. The zero-order valence-electron chi connectivity index (χ0n) is 9.21. The first-order chi connectivity index (χ1) is 8.65. The van der Waals surface area contributed by atoms with Gasteiger partial charge in [-0.2, -0.15) is 0 Å². The highest BCUT2D eigenvalue weighted by atomic mass is 79.9. The van der Waals surface area contributed by atoms with Crippen molar-refractivity contribution in [1.29, 1.82) is 0 Å². The Morgan fingerprint density at radius 1 is 1.33 bits per heavy atom. The van der Waals surface area contributed by atoms with E-state index >= 15 is 0 Å². The molecule has 2 aromatic rings. The molecule has 0 radical (unpaired) electrons. The highest BCUT2D eigenvalue weighted by Crippen LogP contribution is 2.21. The monoisotopic (exact) mass is 324 g/mol. The van der Waals surface area contributed by atoms with Crippen molar-refractivity contribution in [3.63, 3.8) is 0 Å². The number of aromatic carboxylic acids is 1. The number of hydrogen-bond acceptors (Lipinski definition) is 4. The van der Waals surface area contributed by atoms with Crippen LogP contribution in [0.5, 0.6) is 0 Å². The summed E-state index contributed by atoms with van der Waals surface area (Å²) < 4.78 is 0.940. The number of pyridine rings is 2. The molecule has 6 heteroatoms. The summed E-state index contributed by atoms with van der Waals surface area (Å²) in [6.45, 7) is 0. The molecule has 92 valence electrons. The summed E-state index contributed by atoms with van der Waals surface area (Å²) in [7, 11) is 0. The minimum atomic E-state index is -0.963. The summed E-state index contributed by atoms with van der Waals surface area (Å²) in [5.41, 5.74) is 1.28. The lowest BCUT2D eigenvalue weighted by atomic mass is 10.3.